The molecule has 0 fully saturated rings. The smallest absolute Gasteiger partial charge is 0.191 e. The maximum Gasteiger partial charge on any atom is 0.191 e. The van der Waals surface area contributed by atoms with Crippen molar-refractivity contribution in [3.63, 3.8) is 0 Å². The van der Waals surface area contributed by atoms with Gasteiger partial charge in [0.2, 0.25) is 0 Å². The second kappa shape index (κ2) is 18.0. The monoisotopic (exact) mass is 507 g/mol. The molecule has 6 nitrogen and oxygen atoms in total. The Kier molecular flexibility index (Phi) is 17.3. The highest BCUT2D eigenvalue weighted by atomic mass is 127. The molecular weight excluding hydrogens is 469 g/mol. The predicted octanol–water partition coefficient (Wildman–Crippen LogP) is 3.90. The van der Waals surface area contributed by atoms with Crippen LogP contribution in [0.1, 0.15) is 44.2 Å². The van der Waals surface area contributed by atoms with Gasteiger partial charge in [-0.2, -0.15) is 0 Å². The SMILES string of the molecule is CCCCOCCCNC(=NC)NCc1ccc(C)cc1OCCOCC.I. The fourth-order valence-electron chi connectivity index (χ4n) is 2.43. The molecule has 0 aliphatic rings. The first-order chi connectivity index (χ1) is 13.2. The molecule has 0 saturated carbocycles. The zero-order valence-electron chi connectivity index (χ0n) is 17.9. The van der Waals surface area contributed by atoms with Crippen LogP contribution in [0.15, 0.2) is 23.2 Å². The zero-order chi connectivity index (χ0) is 19.7. The van der Waals surface area contributed by atoms with E-state index in [1.165, 1.54) is 12.0 Å². The van der Waals surface area contributed by atoms with Crippen LogP contribution in [0, 0.1) is 6.92 Å². The van der Waals surface area contributed by atoms with Crippen LogP contribution in [0.2, 0.25) is 0 Å². The number of halogens is 1. The lowest BCUT2D eigenvalue weighted by molar-refractivity contribution is 0.110. The van der Waals surface area contributed by atoms with E-state index in [0.717, 1.165) is 49.9 Å². The van der Waals surface area contributed by atoms with Crippen molar-refractivity contribution in [2.24, 2.45) is 4.99 Å². The normalized spacial score (nSPS) is 11.1. The third-order valence-electron chi connectivity index (χ3n) is 3.98. The van der Waals surface area contributed by atoms with Gasteiger partial charge in [-0.3, -0.25) is 4.99 Å². The van der Waals surface area contributed by atoms with Crippen LogP contribution >= 0.6 is 24.0 Å². The summed E-state index contributed by atoms with van der Waals surface area (Å²) in [7, 11) is 1.78. The summed E-state index contributed by atoms with van der Waals surface area (Å²) in [5.74, 6) is 1.67. The van der Waals surface area contributed by atoms with Crippen LogP contribution in [0.25, 0.3) is 0 Å². The molecule has 0 unspecified atom stereocenters. The van der Waals surface area contributed by atoms with Crippen molar-refractivity contribution in [1.29, 1.82) is 0 Å². The Hall–Kier alpha value is -1.06. The Morgan fingerprint density at radius 3 is 2.50 bits per heavy atom. The first-order valence-corrected chi connectivity index (χ1v) is 10.0. The second-order valence-electron chi connectivity index (χ2n) is 6.33. The summed E-state index contributed by atoms with van der Waals surface area (Å²) in [6.07, 6.45) is 3.26. The topological polar surface area (TPSA) is 64.1 Å². The molecule has 1 aromatic carbocycles. The number of benzene rings is 1. The molecule has 0 spiro atoms. The highest BCUT2D eigenvalue weighted by Crippen LogP contribution is 2.20. The highest BCUT2D eigenvalue weighted by Gasteiger charge is 2.06. The zero-order valence-corrected chi connectivity index (χ0v) is 20.2. The number of nitrogens with one attached hydrogen (secondary N) is 2. The van der Waals surface area contributed by atoms with Crippen LogP contribution in [-0.4, -0.2) is 52.6 Å². The van der Waals surface area contributed by atoms with Crippen molar-refractivity contribution in [2.75, 3.05) is 46.6 Å². The largest absolute Gasteiger partial charge is 0.491 e. The van der Waals surface area contributed by atoms with Crippen molar-refractivity contribution >= 4 is 29.9 Å². The third-order valence-corrected chi connectivity index (χ3v) is 3.98. The van der Waals surface area contributed by atoms with E-state index in [1.807, 2.05) is 6.92 Å². The molecule has 0 atom stereocenters. The van der Waals surface area contributed by atoms with Gasteiger partial charge in [0, 0.05) is 45.5 Å². The lowest BCUT2D eigenvalue weighted by Gasteiger charge is -2.15. The number of ether oxygens (including phenoxy) is 3. The van der Waals surface area contributed by atoms with E-state index in [4.69, 9.17) is 14.2 Å². The molecule has 0 aromatic heterocycles. The van der Waals surface area contributed by atoms with Gasteiger partial charge in [0.1, 0.15) is 12.4 Å². The van der Waals surface area contributed by atoms with Crippen LogP contribution in [0.4, 0.5) is 0 Å². The number of guanidine groups is 1. The Bertz CT molecular complexity index is 542. The van der Waals surface area contributed by atoms with Crippen LogP contribution in [0.3, 0.4) is 0 Å². The molecule has 0 bridgehead atoms. The summed E-state index contributed by atoms with van der Waals surface area (Å²) in [6.45, 7) is 11.2. The number of rotatable bonds is 14. The maximum absolute atomic E-state index is 5.89. The molecule has 2 N–H and O–H groups in total. The summed E-state index contributed by atoms with van der Waals surface area (Å²) in [6, 6.07) is 6.25. The molecule has 1 aromatic rings. The Morgan fingerprint density at radius 1 is 1.00 bits per heavy atom. The van der Waals surface area contributed by atoms with Gasteiger partial charge >= 0.3 is 0 Å². The van der Waals surface area contributed by atoms with Gasteiger partial charge in [-0.25, -0.2) is 0 Å². The number of unbranched alkanes of at least 4 members (excludes halogenated alkanes) is 1. The van der Waals surface area contributed by atoms with E-state index in [-0.39, 0.29) is 24.0 Å². The van der Waals surface area contributed by atoms with E-state index in [1.54, 1.807) is 7.05 Å². The minimum Gasteiger partial charge on any atom is -0.491 e. The van der Waals surface area contributed by atoms with Crippen molar-refractivity contribution in [2.45, 2.75) is 46.6 Å². The van der Waals surface area contributed by atoms with E-state index in [9.17, 15) is 0 Å². The summed E-state index contributed by atoms with van der Waals surface area (Å²) in [5.41, 5.74) is 2.28. The van der Waals surface area contributed by atoms with Gasteiger partial charge < -0.3 is 24.8 Å². The van der Waals surface area contributed by atoms with E-state index in [2.05, 4.69) is 47.7 Å². The lowest BCUT2D eigenvalue weighted by Crippen LogP contribution is -2.37. The fourth-order valence-corrected chi connectivity index (χ4v) is 2.43. The molecule has 28 heavy (non-hydrogen) atoms. The third kappa shape index (κ3) is 12.4. The molecule has 0 aliphatic heterocycles. The van der Waals surface area contributed by atoms with Gasteiger partial charge in [-0.15, -0.1) is 24.0 Å². The van der Waals surface area contributed by atoms with Gasteiger partial charge in [-0.1, -0.05) is 25.5 Å². The quantitative estimate of drug-likeness (QED) is 0.173. The molecular formula is C21H38IN3O3. The van der Waals surface area contributed by atoms with Crippen molar-refractivity contribution in [3.8, 4) is 5.75 Å². The average molecular weight is 507 g/mol. The van der Waals surface area contributed by atoms with Gasteiger partial charge in [0.25, 0.3) is 0 Å². The molecule has 0 amide bonds. The molecule has 0 heterocycles. The Balaban J connectivity index is 0.00000729. The van der Waals surface area contributed by atoms with Crippen molar-refractivity contribution < 1.29 is 14.2 Å². The Labute approximate surface area is 187 Å². The van der Waals surface area contributed by atoms with E-state index >= 15 is 0 Å². The molecule has 162 valence electrons. The van der Waals surface area contributed by atoms with Crippen molar-refractivity contribution in [3.05, 3.63) is 29.3 Å². The summed E-state index contributed by atoms with van der Waals surface area (Å²) < 4.78 is 16.8. The molecule has 0 radical (unpaired) electrons. The van der Waals surface area contributed by atoms with Crippen molar-refractivity contribution in [1.82, 2.24) is 10.6 Å². The summed E-state index contributed by atoms with van der Waals surface area (Å²) >= 11 is 0. The van der Waals surface area contributed by atoms with Gasteiger partial charge in [-0.05, 0) is 38.3 Å². The van der Waals surface area contributed by atoms with E-state index < -0.39 is 0 Å². The number of hydrogen-bond acceptors (Lipinski definition) is 4. The standard InChI is InChI=1S/C21H37N3O3.HI/c1-5-7-12-26-13-8-11-23-21(22-4)24-17-19-10-9-18(3)16-20(19)27-15-14-25-6-2;/h9-10,16H,5-8,11-15,17H2,1-4H3,(H2,22,23,24);1H. The molecule has 0 saturated heterocycles. The summed E-state index contributed by atoms with van der Waals surface area (Å²) in [4.78, 5) is 4.28. The Morgan fingerprint density at radius 2 is 1.79 bits per heavy atom. The molecule has 0 aliphatic carbocycles. The average Bonchev–Trinajstić information content (AvgIpc) is 2.68. The minimum absolute atomic E-state index is 0. The number of nitrogens with zero attached hydrogens (tertiary/aromatic N) is 1. The maximum atomic E-state index is 5.89. The summed E-state index contributed by atoms with van der Waals surface area (Å²) in [5, 5.41) is 6.66. The number of hydrogen-bond donors (Lipinski definition) is 2. The van der Waals surface area contributed by atoms with Crippen LogP contribution in [0.5, 0.6) is 5.75 Å². The van der Waals surface area contributed by atoms with Gasteiger partial charge in [0.15, 0.2) is 5.96 Å². The van der Waals surface area contributed by atoms with Crippen LogP contribution < -0.4 is 15.4 Å². The lowest BCUT2D eigenvalue weighted by atomic mass is 10.1. The number of aliphatic imine (C=N–C) groups is 1. The second-order valence-corrected chi connectivity index (χ2v) is 6.33. The molecule has 1 rings (SSSR count). The first-order valence-electron chi connectivity index (χ1n) is 10.0. The van der Waals surface area contributed by atoms with Gasteiger partial charge in [0.05, 0.1) is 6.61 Å². The number of aryl methyl sites for hydroxylation is 1. The predicted molar refractivity (Wildman–Crippen MR) is 127 cm³/mol. The van der Waals surface area contributed by atoms with Crippen LogP contribution in [-0.2, 0) is 16.0 Å². The first kappa shape index (κ1) is 26.9. The highest BCUT2D eigenvalue weighted by molar-refractivity contribution is 14.0. The van der Waals surface area contributed by atoms with E-state index in [0.29, 0.717) is 26.4 Å². The molecule has 7 heteroatoms. The fraction of sp³-hybridized carbons (Fsp3) is 0.667. The minimum atomic E-state index is 0.